The summed E-state index contributed by atoms with van der Waals surface area (Å²) in [5.41, 5.74) is 4.07. The average molecular weight is 785 g/mol. The first-order valence-corrected chi connectivity index (χ1v) is 19.7. The van der Waals surface area contributed by atoms with E-state index in [9.17, 15) is 24.3 Å². The Balaban J connectivity index is 2.82. The molecule has 54 heavy (non-hydrogen) atoms. The summed E-state index contributed by atoms with van der Waals surface area (Å²) >= 11 is 1.29. The van der Waals surface area contributed by atoms with Crippen molar-refractivity contribution in [2.24, 2.45) is 28.4 Å². The second kappa shape index (κ2) is 25.3. The van der Waals surface area contributed by atoms with E-state index in [2.05, 4.69) is 41.4 Å². The highest BCUT2D eigenvalue weighted by molar-refractivity contribution is 8.14. The van der Waals surface area contributed by atoms with E-state index in [0.29, 0.717) is 45.0 Å². The first-order chi connectivity index (χ1) is 25.4. The minimum atomic E-state index is -1.14. The fraction of sp³-hybridized carbons (Fsp3) is 0.789. The van der Waals surface area contributed by atoms with Crippen molar-refractivity contribution in [3.63, 3.8) is 0 Å². The van der Waals surface area contributed by atoms with E-state index in [0.717, 1.165) is 6.42 Å². The standard InChI is InChI=1S/C38H68N6O9S/c1-10-12-15-50-25-38(26-51-16-13-32(39)46,27-52-17-14-33(47)54-30(5)11-2)41-35(49)29(4)18-28(3)34(48)40-21-36(6,7)23-53-24-37(8,9)22-44-19-31(20-45)42-43-44/h10,19,28-30,45H,1,11-18,20-27H2,2-9H3,(H2,39,46)(H,40,48)(H,41,49). The molecule has 4 atom stereocenters. The second-order valence-corrected chi connectivity index (χ2v) is 17.3. The highest BCUT2D eigenvalue weighted by Gasteiger charge is 2.36. The third-order valence-electron chi connectivity index (χ3n) is 8.51. The molecule has 0 fully saturated rings. The van der Waals surface area contributed by atoms with E-state index in [-0.39, 0.29) is 91.9 Å². The van der Waals surface area contributed by atoms with Gasteiger partial charge in [0.1, 0.15) is 11.2 Å². The highest BCUT2D eigenvalue weighted by atomic mass is 32.2. The molecule has 0 spiro atoms. The van der Waals surface area contributed by atoms with Crippen molar-refractivity contribution in [3.05, 3.63) is 24.5 Å². The molecule has 5 N–H and O–H groups in total. The first kappa shape index (κ1) is 49.1. The lowest BCUT2D eigenvalue weighted by Crippen LogP contribution is -2.59. The van der Waals surface area contributed by atoms with Crippen LogP contribution in [-0.4, -0.2) is 113 Å². The Bertz CT molecular complexity index is 1290. The summed E-state index contributed by atoms with van der Waals surface area (Å²) in [6.45, 7) is 21.6. The number of nitrogens with zero attached hydrogens (tertiary/aromatic N) is 3. The number of primary amides is 1. The van der Waals surface area contributed by atoms with Gasteiger partial charge < -0.3 is 40.4 Å². The Hall–Kier alpha value is -2.89. The summed E-state index contributed by atoms with van der Waals surface area (Å²) in [5, 5.41) is 23.5. The minimum Gasteiger partial charge on any atom is -0.390 e. The van der Waals surface area contributed by atoms with Gasteiger partial charge >= 0.3 is 0 Å². The van der Waals surface area contributed by atoms with Crippen molar-refractivity contribution in [3.8, 4) is 0 Å². The van der Waals surface area contributed by atoms with Crippen molar-refractivity contribution in [2.75, 3.05) is 59.4 Å². The first-order valence-electron chi connectivity index (χ1n) is 18.9. The van der Waals surface area contributed by atoms with E-state index < -0.39 is 23.3 Å². The zero-order valence-corrected chi connectivity index (χ0v) is 34.8. The number of nitrogens with one attached hydrogen (secondary N) is 2. The maximum absolute atomic E-state index is 13.7. The number of rotatable bonds is 31. The van der Waals surface area contributed by atoms with Gasteiger partial charge in [0.25, 0.3) is 0 Å². The number of aliphatic hydroxyl groups is 1. The maximum atomic E-state index is 13.7. The molecule has 15 nitrogen and oxygen atoms in total. The molecule has 3 amide bonds. The molecular weight excluding hydrogens is 717 g/mol. The molecule has 1 rings (SSSR count). The molecule has 310 valence electrons. The van der Waals surface area contributed by atoms with Crippen molar-refractivity contribution in [1.82, 2.24) is 25.6 Å². The van der Waals surface area contributed by atoms with Gasteiger partial charge in [-0.2, -0.15) is 0 Å². The normalized spacial score (nSPS) is 14.8. The van der Waals surface area contributed by atoms with Crippen LogP contribution in [0.2, 0.25) is 0 Å². The van der Waals surface area contributed by atoms with E-state index in [1.165, 1.54) is 11.8 Å². The second-order valence-electron chi connectivity index (χ2n) is 15.8. The van der Waals surface area contributed by atoms with Crippen LogP contribution in [0.25, 0.3) is 0 Å². The fourth-order valence-corrected chi connectivity index (χ4v) is 5.97. The monoisotopic (exact) mass is 784 g/mol. The fourth-order valence-electron chi connectivity index (χ4n) is 5.15. The summed E-state index contributed by atoms with van der Waals surface area (Å²) in [4.78, 5) is 50.6. The van der Waals surface area contributed by atoms with Crippen LogP contribution in [0.3, 0.4) is 0 Å². The number of carbonyl (C=O) groups is 4. The SMILES string of the molecule is C=CCCOCC(COCCC(N)=O)(COCCC(=O)SC(C)CC)NC(=O)C(C)CC(C)C(=O)NCC(C)(C)COCC(C)(C)Cn1cc(CO)nn1. The summed E-state index contributed by atoms with van der Waals surface area (Å²) in [6.07, 6.45) is 5.40. The van der Waals surface area contributed by atoms with Crippen LogP contribution in [0, 0.1) is 22.7 Å². The summed E-state index contributed by atoms with van der Waals surface area (Å²) in [5.74, 6) is -2.04. The lowest BCUT2D eigenvalue weighted by atomic mass is 9.91. The third-order valence-corrected chi connectivity index (χ3v) is 9.71. The number of aromatic nitrogens is 3. The van der Waals surface area contributed by atoms with Gasteiger partial charge in [0.2, 0.25) is 17.7 Å². The predicted molar refractivity (Wildman–Crippen MR) is 209 cm³/mol. The van der Waals surface area contributed by atoms with Gasteiger partial charge in [-0.05, 0) is 19.3 Å². The van der Waals surface area contributed by atoms with Gasteiger partial charge in [0.15, 0.2) is 5.12 Å². The largest absolute Gasteiger partial charge is 0.390 e. The highest BCUT2D eigenvalue weighted by Crippen LogP contribution is 2.22. The summed E-state index contributed by atoms with van der Waals surface area (Å²) < 4.78 is 25.4. The zero-order chi connectivity index (χ0) is 40.8. The van der Waals surface area contributed by atoms with Gasteiger partial charge in [-0.25, -0.2) is 0 Å². The van der Waals surface area contributed by atoms with Crippen LogP contribution >= 0.6 is 11.8 Å². The van der Waals surface area contributed by atoms with Gasteiger partial charge in [-0.15, -0.1) is 11.7 Å². The molecule has 1 aromatic rings. The molecular formula is C38H68N6O9S. The minimum absolute atomic E-state index is 0.00428. The van der Waals surface area contributed by atoms with Gasteiger partial charge in [-0.3, -0.25) is 23.9 Å². The number of amides is 3. The number of thioether (sulfide) groups is 1. The van der Waals surface area contributed by atoms with Crippen molar-refractivity contribution < 1.29 is 43.2 Å². The van der Waals surface area contributed by atoms with Crippen molar-refractivity contribution in [2.45, 2.75) is 111 Å². The maximum Gasteiger partial charge on any atom is 0.223 e. The topological polar surface area (TPSA) is 206 Å². The van der Waals surface area contributed by atoms with Crippen molar-refractivity contribution in [1.29, 1.82) is 0 Å². The van der Waals surface area contributed by atoms with Crippen LogP contribution in [-0.2, 0) is 51.3 Å². The molecule has 0 aliphatic heterocycles. The third kappa shape index (κ3) is 21.3. The van der Waals surface area contributed by atoms with Crippen LogP contribution in [0.5, 0.6) is 0 Å². The number of carbonyl (C=O) groups excluding carboxylic acids is 4. The molecule has 1 heterocycles. The Morgan fingerprint density at radius 3 is 2.09 bits per heavy atom. The van der Waals surface area contributed by atoms with Gasteiger partial charge in [0, 0.05) is 53.8 Å². The molecule has 1 aromatic heterocycles. The number of nitrogens with two attached hydrogens (primary N) is 1. The zero-order valence-electron chi connectivity index (χ0n) is 33.9. The Kier molecular flexibility index (Phi) is 23.0. The van der Waals surface area contributed by atoms with Gasteiger partial charge in [-0.1, -0.05) is 78.4 Å². The van der Waals surface area contributed by atoms with E-state index in [4.69, 9.17) is 24.7 Å². The number of ether oxygens (including phenoxy) is 4. The number of hydrogen-bond donors (Lipinski definition) is 4. The van der Waals surface area contributed by atoms with Gasteiger partial charge in [0.05, 0.1) is 65.7 Å². The molecule has 0 radical (unpaired) electrons. The summed E-state index contributed by atoms with van der Waals surface area (Å²) in [7, 11) is 0. The molecule has 0 bridgehead atoms. The summed E-state index contributed by atoms with van der Waals surface area (Å²) in [6, 6.07) is 0. The van der Waals surface area contributed by atoms with Crippen LogP contribution < -0.4 is 16.4 Å². The predicted octanol–water partition coefficient (Wildman–Crippen LogP) is 3.42. The van der Waals surface area contributed by atoms with E-state index in [1.807, 2.05) is 27.7 Å². The number of aliphatic hydroxyl groups excluding tert-OH is 1. The molecule has 0 aliphatic rings. The smallest absolute Gasteiger partial charge is 0.223 e. The van der Waals surface area contributed by atoms with Crippen molar-refractivity contribution >= 4 is 34.6 Å². The lowest BCUT2D eigenvalue weighted by Gasteiger charge is -2.35. The van der Waals surface area contributed by atoms with Crippen LogP contribution in [0.1, 0.15) is 93.2 Å². The van der Waals surface area contributed by atoms with Crippen LogP contribution in [0.4, 0.5) is 0 Å². The quantitative estimate of drug-likeness (QED) is 0.0632. The Morgan fingerprint density at radius 2 is 1.52 bits per heavy atom. The number of hydrogen-bond acceptors (Lipinski definition) is 12. The Labute approximate surface area is 326 Å². The van der Waals surface area contributed by atoms with Crippen LogP contribution in [0.15, 0.2) is 18.9 Å². The molecule has 0 aliphatic carbocycles. The van der Waals surface area contributed by atoms with E-state index in [1.54, 1.807) is 30.8 Å². The van der Waals surface area contributed by atoms with E-state index >= 15 is 0 Å². The molecule has 16 heteroatoms. The lowest BCUT2D eigenvalue weighted by molar-refractivity contribution is -0.133. The molecule has 4 unspecified atom stereocenters. The molecule has 0 saturated carbocycles. The molecule has 0 saturated heterocycles. The average Bonchev–Trinajstić information content (AvgIpc) is 3.55. The molecule has 0 aromatic carbocycles. The Morgan fingerprint density at radius 1 is 0.926 bits per heavy atom.